The molecule has 2 aliphatic heterocycles. The zero-order valence-electron chi connectivity index (χ0n) is 13.3. The topological polar surface area (TPSA) is 41.4 Å². The lowest BCUT2D eigenvalue weighted by Crippen LogP contribution is -2.63. The van der Waals surface area contributed by atoms with Gasteiger partial charge in [-0.2, -0.15) is 5.10 Å². The minimum absolute atomic E-state index is 0.128. The summed E-state index contributed by atoms with van der Waals surface area (Å²) in [4.78, 5) is 17.0. The van der Waals surface area contributed by atoms with E-state index in [1.807, 2.05) is 15.8 Å². The van der Waals surface area contributed by atoms with E-state index in [9.17, 15) is 4.79 Å². The first-order chi connectivity index (χ1) is 10.1. The Morgan fingerprint density at radius 3 is 2.71 bits per heavy atom. The number of aromatic nitrogens is 2. The van der Waals surface area contributed by atoms with E-state index < -0.39 is 0 Å². The number of amides is 1. The second-order valence-corrected chi connectivity index (χ2v) is 6.75. The summed E-state index contributed by atoms with van der Waals surface area (Å²) in [5.74, 6) is 0.128. The maximum atomic E-state index is 12.4. The third-order valence-electron chi connectivity index (χ3n) is 4.85. The second kappa shape index (κ2) is 5.79. The number of rotatable bonds is 3. The van der Waals surface area contributed by atoms with Gasteiger partial charge in [0.2, 0.25) is 0 Å². The Balaban J connectivity index is 1.56. The van der Waals surface area contributed by atoms with Gasteiger partial charge in [-0.25, -0.2) is 0 Å². The number of piperidine rings is 1. The van der Waals surface area contributed by atoms with Crippen LogP contribution in [-0.4, -0.2) is 57.2 Å². The smallest absolute Gasteiger partial charge is 0.257 e. The van der Waals surface area contributed by atoms with E-state index in [-0.39, 0.29) is 5.91 Å². The number of carbonyl (C=O) groups is 1. The van der Waals surface area contributed by atoms with Crippen molar-refractivity contribution in [1.82, 2.24) is 19.6 Å². The van der Waals surface area contributed by atoms with Gasteiger partial charge in [-0.1, -0.05) is 6.42 Å². The molecule has 5 nitrogen and oxygen atoms in total. The third-order valence-corrected chi connectivity index (χ3v) is 4.85. The number of hydrogen-bond donors (Lipinski definition) is 0. The molecule has 0 bridgehead atoms. The number of carbonyl (C=O) groups excluding carboxylic acids is 1. The van der Waals surface area contributed by atoms with Crippen molar-refractivity contribution in [2.24, 2.45) is 0 Å². The van der Waals surface area contributed by atoms with Crippen molar-refractivity contribution < 1.29 is 4.79 Å². The lowest BCUT2D eigenvalue weighted by atomic mass is 9.97. The van der Waals surface area contributed by atoms with Crippen LogP contribution in [0.2, 0.25) is 0 Å². The summed E-state index contributed by atoms with van der Waals surface area (Å²) in [6.45, 7) is 9.39. The maximum Gasteiger partial charge on any atom is 0.257 e. The predicted molar refractivity (Wildman–Crippen MR) is 82.3 cm³/mol. The van der Waals surface area contributed by atoms with Crippen molar-refractivity contribution in [2.45, 2.75) is 58.2 Å². The molecule has 0 radical (unpaired) electrons. The second-order valence-electron chi connectivity index (χ2n) is 6.75. The third kappa shape index (κ3) is 2.84. The SMILES string of the molecule is CC1CCCCN1C1CN(C(=O)c2cnn(C(C)C)c2)C1. The van der Waals surface area contributed by atoms with Crippen molar-refractivity contribution in [3.63, 3.8) is 0 Å². The van der Waals surface area contributed by atoms with Gasteiger partial charge in [0.25, 0.3) is 5.91 Å². The predicted octanol–water partition coefficient (Wildman–Crippen LogP) is 2.16. The Morgan fingerprint density at radius 1 is 1.33 bits per heavy atom. The van der Waals surface area contributed by atoms with Crippen LogP contribution in [0.15, 0.2) is 12.4 Å². The van der Waals surface area contributed by atoms with Gasteiger partial charge in [0.1, 0.15) is 0 Å². The fraction of sp³-hybridized carbons (Fsp3) is 0.750. The van der Waals surface area contributed by atoms with E-state index in [2.05, 4.69) is 30.8 Å². The van der Waals surface area contributed by atoms with Gasteiger partial charge >= 0.3 is 0 Å². The molecule has 3 heterocycles. The molecule has 1 aromatic heterocycles. The first-order valence-electron chi connectivity index (χ1n) is 8.15. The summed E-state index contributed by atoms with van der Waals surface area (Å²) < 4.78 is 1.84. The molecule has 1 atom stereocenters. The van der Waals surface area contributed by atoms with E-state index in [0.29, 0.717) is 23.7 Å². The zero-order chi connectivity index (χ0) is 15.0. The van der Waals surface area contributed by atoms with Crippen LogP contribution < -0.4 is 0 Å². The van der Waals surface area contributed by atoms with Crippen molar-refractivity contribution in [3.05, 3.63) is 18.0 Å². The highest BCUT2D eigenvalue weighted by Gasteiger charge is 2.37. The molecule has 2 saturated heterocycles. The molecule has 2 aliphatic rings. The lowest BCUT2D eigenvalue weighted by molar-refractivity contribution is 0.00212. The number of nitrogens with zero attached hydrogens (tertiary/aromatic N) is 4. The van der Waals surface area contributed by atoms with Crippen LogP contribution in [0.1, 0.15) is 56.4 Å². The van der Waals surface area contributed by atoms with Crippen molar-refractivity contribution in [3.8, 4) is 0 Å². The molecule has 1 unspecified atom stereocenters. The van der Waals surface area contributed by atoms with Gasteiger partial charge in [0.15, 0.2) is 0 Å². The molecule has 2 fully saturated rings. The Morgan fingerprint density at radius 2 is 2.10 bits per heavy atom. The molecule has 0 N–H and O–H groups in total. The molecule has 21 heavy (non-hydrogen) atoms. The Hall–Kier alpha value is -1.36. The van der Waals surface area contributed by atoms with E-state index in [4.69, 9.17) is 0 Å². The van der Waals surface area contributed by atoms with Gasteiger partial charge in [-0.05, 0) is 40.2 Å². The summed E-state index contributed by atoms with van der Waals surface area (Å²) in [6.07, 6.45) is 7.51. The summed E-state index contributed by atoms with van der Waals surface area (Å²) >= 11 is 0. The molecule has 0 saturated carbocycles. The van der Waals surface area contributed by atoms with Gasteiger partial charge < -0.3 is 4.90 Å². The van der Waals surface area contributed by atoms with Crippen molar-refractivity contribution in [2.75, 3.05) is 19.6 Å². The fourth-order valence-electron chi connectivity index (χ4n) is 3.41. The molecule has 0 aliphatic carbocycles. The van der Waals surface area contributed by atoms with Crippen LogP contribution in [-0.2, 0) is 0 Å². The molecule has 1 aromatic rings. The molecule has 5 heteroatoms. The average Bonchev–Trinajstić information content (AvgIpc) is 2.89. The molecule has 0 aromatic carbocycles. The van der Waals surface area contributed by atoms with E-state index in [1.54, 1.807) is 6.20 Å². The summed E-state index contributed by atoms with van der Waals surface area (Å²) in [5.41, 5.74) is 0.717. The standard InChI is InChI=1S/C16H26N4O/c1-12(2)20-9-14(8-17-20)16(21)18-10-15(11-18)19-7-5-4-6-13(19)3/h8-9,12-13,15H,4-7,10-11H2,1-3H3. The van der Waals surface area contributed by atoms with Crippen LogP contribution in [0, 0.1) is 0 Å². The molecule has 3 rings (SSSR count). The Bertz CT molecular complexity index is 504. The summed E-state index contributed by atoms with van der Waals surface area (Å²) in [7, 11) is 0. The monoisotopic (exact) mass is 290 g/mol. The van der Waals surface area contributed by atoms with E-state index in [0.717, 1.165) is 13.1 Å². The van der Waals surface area contributed by atoms with Gasteiger partial charge in [0.05, 0.1) is 11.8 Å². The first kappa shape index (κ1) is 14.6. The van der Waals surface area contributed by atoms with E-state index >= 15 is 0 Å². The Labute approximate surface area is 126 Å². The zero-order valence-corrected chi connectivity index (χ0v) is 13.3. The van der Waals surface area contributed by atoms with Crippen LogP contribution in [0.25, 0.3) is 0 Å². The summed E-state index contributed by atoms with van der Waals surface area (Å²) in [5, 5.41) is 4.26. The van der Waals surface area contributed by atoms with E-state index in [1.165, 1.54) is 25.8 Å². The minimum atomic E-state index is 0.128. The van der Waals surface area contributed by atoms with Gasteiger partial charge in [0, 0.05) is 37.4 Å². The van der Waals surface area contributed by atoms with Crippen LogP contribution in [0.5, 0.6) is 0 Å². The molecule has 0 spiro atoms. The van der Waals surface area contributed by atoms with Crippen LogP contribution in [0.4, 0.5) is 0 Å². The highest BCUT2D eigenvalue weighted by molar-refractivity contribution is 5.94. The van der Waals surface area contributed by atoms with Gasteiger partial charge in [-0.3, -0.25) is 14.4 Å². The average molecular weight is 290 g/mol. The highest BCUT2D eigenvalue weighted by atomic mass is 16.2. The molecule has 1 amide bonds. The molecular weight excluding hydrogens is 264 g/mol. The van der Waals surface area contributed by atoms with Gasteiger partial charge in [-0.15, -0.1) is 0 Å². The maximum absolute atomic E-state index is 12.4. The normalized spacial score (nSPS) is 24.4. The lowest BCUT2D eigenvalue weighted by Gasteiger charge is -2.49. The molecular formula is C16H26N4O. The Kier molecular flexibility index (Phi) is 4.02. The largest absolute Gasteiger partial charge is 0.335 e. The minimum Gasteiger partial charge on any atom is -0.335 e. The number of likely N-dealkylation sites (tertiary alicyclic amines) is 2. The molecule has 116 valence electrons. The quantitative estimate of drug-likeness (QED) is 0.856. The van der Waals surface area contributed by atoms with Crippen LogP contribution in [0.3, 0.4) is 0 Å². The van der Waals surface area contributed by atoms with Crippen molar-refractivity contribution in [1.29, 1.82) is 0 Å². The summed E-state index contributed by atoms with van der Waals surface area (Å²) in [6, 6.07) is 1.53. The van der Waals surface area contributed by atoms with Crippen molar-refractivity contribution >= 4 is 5.91 Å². The number of hydrogen-bond acceptors (Lipinski definition) is 3. The van der Waals surface area contributed by atoms with Crippen LogP contribution >= 0.6 is 0 Å². The fourth-order valence-corrected chi connectivity index (χ4v) is 3.41. The highest BCUT2D eigenvalue weighted by Crippen LogP contribution is 2.25. The first-order valence-corrected chi connectivity index (χ1v) is 8.15.